The van der Waals surface area contributed by atoms with Gasteiger partial charge in [-0.2, -0.15) is 0 Å². The summed E-state index contributed by atoms with van der Waals surface area (Å²) < 4.78 is 21.3. The van der Waals surface area contributed by atoms with Gasteiger partial charge in [0.25, 0.3) is 0 Å². The Hall–Kier alpha value is -0.660. The molecule has 14 heteroatoms. The second kappa shape index (κ2) is 9.91. The van der Waals surface area contributed by atoms with Crippen LogP contribution in [0.1, 0.15) is 32.1 Å². The first-order valence-corrected chi connectivity index (χ1v) is 12.2. The van der Waals surface area contributed by atoms with Gasteiger partial charge in [-0.3, -0.25) is 10.6 Å². The lowest BCUT2D eigenvalue weighted by molar-refractivity contribution is -0.301. The van der Waals surface area contributed by atoms with Crippen LogP contribution >= 0.6 is 20.0 Å². The fourth-order valence-corrected chi connectivity index (χ4v) is 6.12. The van der Waals surface area contributed by atoms with Crippen molar-refractivity contribution in [2.75, 3.05) is 13.2 Å². The number of alkyl halides is 1. The first kappa shape index (κ1) is 24.5. The van der Waals surface area contributed by atoms with Gasteiger partial charge in [0, 0.05) is 18.5 Å². The summed E-state index contributed by atoms with van der Waals surface area (Å²) in [6, 6.07) is 0.478. The van der Waals surface area contributed by atoms with Crippen molar-refractivity contribution in [1.82, 2.24) is 10.6 Å². The Morgan fingerprint density at radius 3 is 2.19 bits per heavy atom. The number of hydrogen-bond acceptors (Lipinski definition) is 12. The van der Waals surface area contributed by atoms with Gasteiger partial charge in [0.2, 0.25) is 4.87 Å². The van der Waals surface area contributed by atoms with Crippen LogP contribution < -0.4 is 10.6 Å². The molecule has 0 spiro atoms. The minimum atomic E-state index is -2.13. The van der Waals surface area contributed by atoms with E-state index in [1.54, 1.807) is 0 Å². The van der Waals surface area contributed by atoms with Crippen molar-refractivity contribution < 1.29 is 48.5 Å². The molecule has 12 nitrogen and oxygen atoms in total. The maximum atomic E-state index is 12.6. The van der Waals surface area contributed by atoms with Crippen LogP contribution in [0.3, 0.4) is 0 Å². The van der Waals surface area contributed by atoms with Gasteiger partial charge < -0.3 is 38.9 Å². The smallest absolute Gasteiger partial charge is 0.344 e. The van der Waals surface area contributed by atoms with Gasteiger partial charge in [-0.1, -0.05) is 24.4 Å². The Labute approximate surface area is 190 Å². The topological polar surface area (TPSA) is 176 Å². The van der Waals surface area contributed by atoms with Crippen molar-refractivity contribution in [1.29, 1.82) is 0 Å². The fraction of sp³-hybridized carbons (Fsp3) is 0.889. The van der Waals surface area contributed by atoms with E-state index in [9.17, 15) is 30.0 Å². The number of ether oxygens (including phenoxy) is 2. The van der Waals surface area contributed by atoms with Crippen LogP contribution in [-0.4, -0.2) is 99.1 Å². The van der Waals surface area contributed by atoms with Crippen LogP contribution in [0.4, 0.5) is 0 Å². The summed E-state index contributed by atoms with van der Waals surface area (Å²) in [7, 11) is -1.90. The van der Waals surface area contributed by atoms with Gasteiger partial charge in [-0.25, -0.2) is 9.59 Å². The molecular formula is C18H28ClN2O10P. The van der Waals surface area contributed by atoms with E-state index in [2.05, 4.69) is 10.6 Å². The summed E-state index contributed by atoms with van der Waals surface area (Å²) in [5.74, 6) is -2.35. The molecule has 1 aliphatic carbocycles. The lowest BCUT2D eigenvalue weighted by Crippen LogP contribution is -2.59. The van der Waals surface area contributed by atoms with Crippen molar-refractivity contribution in [3.05, 3.63) is 0 Å². The van der Waals surface area contributed by atoms with E-state index in [0.717, 1.165) is 25.7 Å². The second-order valence-electron chi connectivity index (χ2n) is 8.40. The molecule has 0 aromatic carbocycles. The molecule has 7 atom stereocenters. The van der Waals surface area contributed by atoms with E-state index >= 15 is 0 Å². The van der Waals surface area contributed by atoms with Crippen molar-refractivity contribution in [3.8, 4) is 0 Å². The minimum absolute atomic E-state index is 0.239. The van der Waals surface area contributed by atoms with Crippen molar-refractivity contribution in [2.45, 2.75) is 85.7 Å². The quantitative estimate of drug-likeness (QED) is 0.140. The van der Waals surface area contributed by atoms with Gasteiger partial charge in [0.05, 0.1) is 13.2 Å². The zero-order valence-corrected chi connectivity index (χ0v) is 18.8. The van der Waals surface area contributed by atoms with Crippen molar-refractivity contribution in [2.24, 2.45) is 0 Å². The molecule has 0 amide bonds. The number of aliphatic hydroxyl groups is 4. The molecule has 3 saturated heterocycles. The second-order valence-corrected chi connectivity index (χ2v) is 10.5. The number of rotatable bonds is 6. The predicted octanol–water partition coefficient (Wildman–Crippen LogP) is -1.63. The highest BCUT2D eigenvalue weighted by molar-refractivity contribution is 7.49. The number of fused-ring (bicyclic) bond motifs is 1. The van der Waals surface area contributed by atoms with Crippen LogP contribution in [0.15, 0.2) is 0 Å². The molecule has 3 heterocycles. The van der Waals surface area contributed by atoms with Crippen LogP contribution in [0.25, 0.3) is 0 Å². The molecule has 0 radical (unpaired) electrons. The SMILES string of the molecule is O=C1OP(C2N[C@@H]3CCCC[C@H]3N2)OC(=O)C1(Cl)CCOC1O[C@H](CO)[C@H](O)[C@H](O)[C@H]1O. The first-order valence-electron chi connectivity index (χ1n) is 10.6. The molecule has 1 unspecified atom stereocenters. The lowest BCUT2D eigenvalue weighted by atomic mass is 9.92. The number of hydrogen-bond donors (Lipinski definition) is 6. The molecule has 182 valence electrons. The summed E-state index contributed by atoms with van der Waals surface area (Å²) in [6.07, 6.45) is -3.44. The number of carbonyl (C=O) groups is 2. The van der Waals surface area contributed by atoms with Crippen LogP contribution in [-0.2, 0) is 28.1 Å². The maximum absolute atomic E-state index is 12.6. The molecule has 3 aliphatic heterocycles. The highest BCUT2D eigenvalue weighted by Crippen LogP contribution is 2.51. The van der Waals surface area contributed by atoms with Gasteiger partial charge in [-0.05, 0) is 12.8 Å². The molecule has 1 saturated carbocycles. The van der Waals surface area contributed by atoms with E-state index < -0.39 is 68.4 Å². The summed E-state index contributed by atoms with van der Waals surface area (Å²) in [6.45, 7) is -0.949. The lowest BCUT2D eigenvalue weighted by Gasteiger charge is -2.40. The summed E-state index contributed by atoms with van der Waals surface area (Å²) in [4.78, 5) is 23.1. The molecular weight excluding hydrogens is 471 g/mol. The first-order chi connectivity index (χ1) is 15.2. The summed E-state index contributed by atoms with van der Waals surface area (Å²) in [5.41, 5.74) is 0. The molecule has 4 fully saturated rings. The van der Waals surface area contributed by atoms with E-state index in [0.29, 0.717) is 0 Å². The zero-order valence-electron chi connectivity index (χ0n) is 17.1. The van der Waals surface area contributed by atoms with E-state index in [-0.39, 0.29) is 25.1 Å². The average Bonchev–Trinajstić information content (AvgIpc) is 3.22. The highest BCUT2D eigenvalue weighted by Gasteiger charge is 2.56. The Kier molecular flexibility index (Phi) is 7.58. The largest absolute Gasteiger partial charge is 0.403 e. The Morgan fingerprint density at radius 1 is 1.03 bits per heavy atom. The number of halogens is 1. The molecule has 4 aliphatic rings. The molecule has 6 N–H and O–H groups in total. The fourth-order valence-electron chi connectivity index (χ4n) is 4.35. The van der Waals surface area contributed by atoms with Gasteiger partial charge in [0.15, 0.2) is 12.2 Å². The number of carbonyl (C=O) groups excluding carboxylic acids is 2. The van der Waals surface area contributed by atoms with Crippen LogP contribution in [0.2, 0.25) is 0 Å². The molecule has 0 aromatic heterocycles. The van der Waals surface area contributed by atoms with E-state index in [1.165, 1.54) is 0 Å². The van der Waals surface area contributed by atoms with Crippen molar-refractivity contribution in [3.63, 3.8) is 0 Å². The number of nitrogens with one attached hydrogen (secondary N) is 2. The molecule has 0 bridgehead atoms. The van der Waals surface area contributed by atoms with Crippen LogP contribution in [0, 0.1) is 0 Å². The predicted molar refractivity (Wildman–Crippen MR) is 108 cm³/mol. The highest BCUT2D eigenvalue weighted by atomic mass is 35.5. The third-order valence-corrected chi connectivity index (χ3v) is 8.20. The molecule has 32 heavy (non-hydrogen) atoms. The van der Waals surface area contributed by atoms with E-state index in [1.807, 2.05) is 0 Å². The third kappa shape index (κ3) is 4.63. The standard InChI is InChI=1S/C18H28ClN2O10P/c19-18(5-6-28-14-13(25)12(24)11(23)10(7-22)29-14)15(26)30-32(31-16(18)27)17-20-8-3-1-2-4-9(8)21-17/h8-14,17,20-25H,1-7H2/t8-,9-,10-,11+,12+,13-,14?,18?,32?/m1/s1. The minimum Gasteiger partial charge on any atom is -0.403 e. The Morgan fingerprint density at radius 2 is 1.62 bits per heavy atom. The Bertz CT molecular complexity index is 685. The normalized spacial score (nSPS) is 45.3. The summed E-state index contributed by atoms with van der Waals surface area (Å²) in [5, 5.41) is 45.5. The van der Waals surface area contributed by atoms with Gasteiger partial charge >= 0.3 is 20.3 Å². The average molecular weight is 499 g/mol. The molecule has 0 aromatic rings. The maximum Gasteiger partial charge on any atom is 0.344 e. The monoisotopic (exact) mass is 498 g/mol. The molecule has 4 rings (SSSR count). The van der Waals surface area contributed by atoms with E-state index in [4.69, 9.17) is 30.1 Å². The Balaban J connectivity index is 1.31. The third-order valence-electron chi connectivity index (χ3n) is 6.29. The zero-order chi connectivity index (χ0) is 23.0. The van der Waals surface area contributed by atoms with Gasteiger partial charge in [0.1, 0.15) is 24.4 Å². The van der Waals surface area contributed by atoms with Gasteiger partial charge in [-0.15, -0.1) is 0 Å². The van der Waals surface area contributed by atoms with Crippen molar-refractivity contribution >= 4 is 31.9 Å². The summed E-state index contributed by atoms with van der Waals surface area (Å²) >= 11 is 6.24. The van der Waals surface area contributed by atoms with Crippen LogP contribution in [0.5, 0.6) is 0 Å². The number of aliphatic hydroxyl groups excluding tert-OH is 4.